The predicted octanol–water partition coefficient (Wildman–Crippen LogP) is 2.34. The molecule has 1 atom stereocenters. The van der Waals surface area contributed by atoms with Gasteiger partial charge in [-0.3, -0.25) is 0 Å². The average Bonchev–Trinajstić information content (AvgIpc) is 2.69. The summed E-state index contributed by atoms with van der Waals surface area (Å²) in [7, 11) is 0. The summed E-state index contributed by atoms with van der Waals surface area (Å²) < 4.78 is 0. The predicted molar refractivity (Wildman–Crippen MR) is 44.5 cm³/mol. The first kappa shape index (κ1) is 8.06. The molecule has 0 aromatic heterocycles. The molecule has 0 bridgehead atoms. The summed E-state index contributed by atoms with van der Waals surface area (Å²) in [5, 5.41) is 3.42. The van der Waals surface area contributed by atoms with Crippen molar-refractivity contribution in [3.63, 3.8) is 0 Å². The van der Waals surface area contributed by atoms with Crippen molar-refractivity contribution in [2.24, 2.45) is 5.92 Å². The van der Waals surface area contributed by atoms with Gasteiger partial charge in [-0.1, -0.05) is 13.3 Å². The van der Waals surface area contributed by atoms with Gasteiger partial charge < -0.3 is 5.32 Å². The molecule has 59 valence electrons. The second kappa shape index (κ2) is 3.97. The topological polar surface area (TPSA) is 12.0 Å². The van der Waals surface area contributed by atoms with Crippen LogP contribution in [0.4, 0.5) is 0 Å². The Morgan fingerprint density at radius 3 is 2.80 bits per heavy atom. The SMILES string of the molecule is CCC[CH]NC(C)C1CC1. The molecule has 10 heavy (non-hydrogen) atoms. The zero-order chi connectivity index (χ0) is 7.40. The van der Waals surface area contributed by atoms with Crippen molar-refractivity contribution in [2.45, 2.75) is 45.6 Å². The molecular formula is C9H18N. The number of rotatable bonds is 5. The van der Waals surface area contributed by atoms with Crippen LogP contribution in [0, 0.1) is 12.5 Å². The van der Waals surface area contributed by atoms with Gasteiger partial charge in [0.15, 0.2) is 0 Å². The smallest absolute Gasteiger partial charge is 0.0223 e. The van der Waals surface area contributed by atoms with Crippen molar-refractivity contribution in [3.05, 3.63) is 6.54 Å². The Bertz CT molecular complexity index is 86.7. The lowest BCUT2D eigenvalue weighted by molar-refractivity contribution is 0.529. The molecule has 1 fully saturated rings. The average molecular weight is 140 g/mol. The number of unbranched alkanes of at least 4 members (excludes halogenated alkanes) is 1. The number of hydrogen-bond acceptors (Lipinski definition) is 1. The fourth-order valence-electron chi connectivity index (χ4n) is 1.15. The van der Waals surface area contributed by atoms with Gasteiger partial charge in [0.25, 0.3) is 0 Å². The molecule has 1 radical (unpaired) electrons. The van der Waals surface area contributed by atoms with Crippen LogP contribution in [0.3, 0.4) is 0 Å². The lowest BCUT2D eigenvalue weighted by atomic mass is 10.2. The van der Waals surface area contributed by atoms with E-state index in [2.05, 4.69) is 25.7 Å². The van der Waals surface area contributed by atoms with E-state index in [0.717, 1.165) is 12.0 Å². The minimum Gasteiger partial charge on any atom is -0.310 e. The Labute approximate surface area is 64.2 Å². The maximum atomic E-state index is 3.42. The van der Waals surface area contributed by atoms with Crippen LogP contribution in [0.5, 0.6) is 0 Å². The molecular weight excluding hydrogens is 122 g/mol. The Hall–Kier alpha value is -0.0400. The monoisotopic (exact) mass is 140 g/mol. The van der Waals surface area contributed by atoms with Crippen molar-refractivity contribution in [2.75, 3.05) is 0 Å². The first-order valence-electron chi connectivity index (χ1n) is 4.42. The van der Waals surface area contributed by atoms with E-state index in [1.165, 1.54) is 25.7 Å². The third kappa shape index (κ3) is 2.70. The van der Waals surface area contributed by atoms with Crippen molar-refractivity contribution >= 4 is 0 Å². The molecule has 0 spiro atoms. The second-order valence-electron chi connectivity index (χ2n) is 3.29. The third-order valence-corrected chi connectivity index (χ3v) is 2.14. The van der Waals surface area contributed by atoms with Gasteiger partial charge in [0.1, 0.15) is 0 Å². The molecule has 1 unspecified atom stereocenters. The maximum Gasteiger partial charge on any atom is 0.0223 e. The first-order chi connectivity index (χ1) is 4.84. The molecule has 0 heterocycles. The molecule has 1 saturated carbocycles. The second-order valence-corrected chi connectivity index (χ2v) is 3.29. The van der Waals surface area contributed by atoms with Crippen molar-refractivity contribution in [3.8, 4) is 0 Å². The van der Waals surface area contributed by atoms with Gasteiger partial charge in [-0.15, -0.1) is 0 Å². The van der Waals surface area contributed by atoms with E-state index in [-0.39, 0.29) is 0 Å². The minimum absolute atomic E-state index is 0.728. The fraction of sp³-hybridized carbons (Fsp3) is 0.889. The molecule has 1 rings (SSSR count). The van der Waals surface area contributed by atoms with E-state index in [1.54, 1.807) is 0 Å². The van der Waals surface area contributed by atoms with E-state index in [4.69, 9.17) is 0 Å². The highest BCUT2D eigenvalue weighted by atomic mass is 14.9. The summed E-state index contributed by atoms with van der Waals surface area (Å²) in [6.45, 7) is 6.70. The summed E-state index contributed by atoms with van der Waals surface area (Å²) in [6.07, 6.45) is 5.34. The van der Waals surface area contributed by atoms with E-state index < -0.39 is 0 Å². The van der Waals surface area contributed by atoms with Crippen LogP contribution in [-0.4, -0.2) is 6.04 Å². The highest BCUT2D eigenvalue weighted by Crippen LogP contribution is 2.32. The normalized spacial score (nSPS) is 21.0. The molecule has 0 aliphatic heterocycles. The van der Waals surface area contributed by atoms with Crippen LogP contribution in [-0.2, 0) is 0 Å². The van der Waals surface area contributed by atoms with Gasteiger partial charge >= 0.3 is 0 Å². The molecule has 1 aliphatic carbocycles. The van der Waals surface area contributed by atoms with E-state index in [1.807, 2.05) is 0 Å². The van der Waals surface area contributed by atoms with Crippen LogP contribution in [0.1, 0.15) is 39.5 Å². The Kier molecular flexibility index (Phi) is 3.20. The van der Waals surface area contributed by atoms with Crippen LogP contribution in [0.15, 0.2) is 0 Å². The third-order valence-electron chi connectivity index (χ3n) is 2.14. The lowest BCUT2D eigenvalue weighted by Crippen LogP contribution is -2.25. The maximum absolute atomic E-state index is 3.42. The quantitative estimate of drug-likeness (QED) is 0.578. The standard InChI is InChI=1S/C9H18N/c1-3-4-7-10-8(2)9-5-6-9/h7-10H,3-6H2,1-2H3. The number of hydrogen-bond donors (Lipinski definition) is 1. The molecule has 1 N–H and O–H groups in total. The molecule has 1 nitrogen and oxygen atoms in total. The van der Waals surface area contributed by atoms with Gasteiger partial charge in [0, 0.05) is 12.6 Å². The zero-order valence-electron chi connectivity index (χ0n) is 7.06. The molecule has 0 aromatic carbocycles. The summed E-state index contributed by atoms with van der Waals surface area (Å²) in [6, 6.07) is 0.728. The highest BCUT2D eigenvalue weighted by Gasteiger charge is 2.26. The molecule has 0 aromatic rings. The Morgan fingerprint density at radius 1 is 1.60 bits per heavy atom. The summed E-state index contributed by atoms with van der Waals surface area (Å²) >= 11 is 0. The zero-order valence-corrected chi connectivity index (χ0v) is 7.06. The van der Waals surface area contributed by atoms with Crippen molar-refractivity contribution in [1.82, 2.24) is 5.32 Å². The van der Waals surface area contributed by atoms with Crippen LogP contribution in [0.2, 0.25) is 0 Å². The summed E-state index contributed by atoms with van der Waals surface area (Å²) in [4.78, 5) is 0. The van der Waals surface area contributed by atoms with E-state index in [9.17, 15) is 0 Å². The van der Waals surface area contributed by atoms with Gasteiger partial charge in [-0.25, -0.2) is 0 Å². The van der Waals surface area contributed by atoms with Gasteiger partial charge in [0.05, 0.1) is 0 Å². The largest absolute Gasteiger partial charge is 0.310 e. The van der Waals surface area contributed by atoms with Gasteiger partial charge in [0.2, 0.25) is 0 Å². The Balaban J connectivity index is 1.90. The minimum atomic E-state index is 0.728. The molecule has 0 saturated heterocycles. The Morgan fingerprint density at radius 2 is 2.30 bits per heavy atom. The lowest BCUT2D eigenvalue weighted by Gasteiger charge is -2.10. The molecule has 1 aliphatic rings. The summed E-state index contributed by atoms with van der Waals surface area (Å²) in [5.41, 5.74) is 0. The van der Waals surface area contributed by atoms with Crippen LogP contribution >= 0.6 is 0 Å². The fourth-order valence-corrected chi connectivity index (χ4v) is 1.15. The van der Waals surface area contributed by atoms with Gasteiger partial charge in [-0.05, 0) is 32.1 Å². The van der Waals surface area contributed by atoms with E-state index >= 15 is 0 Å². The van der Waals surface area contributed by atoms with Crippen molar-refractivity contribution < 1.29 is 0 Å². The molecule has 0 amide bonds. The van der Waals surface area contributed by atoms with E-state index in [0.29, 0.717) is 0 Å². The van der Waals surface area contributed by atoms with Gasteiger partial charge in [-0.2, -0.15) is 0 Å². The number of nitrogens with one attached hydrogen (secondary N) is 1. The summed E-state index contributed by atoms with van der Waals surface area (Å²) in [5.74, 6) is 0.980. The van der Waals surface area contributed by atoms with Crippen LogP contribution < -0.4 is 5.32 Å². The van der Waals surface area contributed by atoms with Crippen LogP contribution in [0.25, 0.3) is 0 Å². The van der Waals surface area contributed by atoms with Crippen molar-refractivity contribution in [1.29, 1.82) is 0 Å². The first-order valence-corrected chi connectivity index (χ1v) is 4.42. The highest BCUT2D eigenvalue weighted by molar-refractivity contribution is 4.84. The molecule has 1 heteroatoms.